The molecule has 0 unspecified atom stereocenters. The zero-order valence-electron chi connectivity index (χ0n) is 11.3. The van der Waals surface area contributed by atoms with Gasteiger partial charge in [0.2, 0.25) is 0 Å². The molecule has 100 valence electrons. The van der Waals surface area contributed by atoms with Gasteiger partial charge in [-0.05, 0) is 19.1 Å². The molecule has 2 aromatic rings. The van der Waals surface area contributed by atoms with Gasteiger partial charge in [0.1, 0.15) is 12.0 Å². The van der Waals surface area contributed by atoms with E-state index >= 15 is 0 Å². The van der Waals surface area contributed by atoms with Crippen molar-refractivity contribution in [2.45, 2.75) is 6.92 Å². The molecule has 0 spiro atoms. The third kappa shape index (κ3) is 3.32. The van der Waals surface area contributed by atoms with E-state index in [0.717, 1.165) is 5.69 Å². The van der Waals surface area contributed by atoms with Crippen LogP contribution in [0.3, 0.4) is 0 Å². The number of nitrogen functional groups attached to an aromatic ring is 1. The molecular formula is C13H18N6. The largest absolute Gasteiger partial charge is 0.393 e. The van der Waals surface area contributed by atoms with Gasteiger partial charge in [-0.2, -0.15) is 0 Å². The summed E-state index contributed by atoms with van der Waals surface area (Å²) in [5.41, 5.74) is 11.7. The highest BCUT2D eigenvalue weighted by atomic mass is 15.5. The fourth-order valence-electron chi connectivity index (χ4n) is 1.57. The maximum absolute atomic E-state index is 6.03. The van der Waals surface area contributed by atoms with Gasteiger partial charge in [0.05, 0.1) is 0 Å². The number of nitrogens with zero attached hydrogens (tertiary/aromatic N) is 3. The molecule has 0 fully saturated rings. The molecule has 0 aliphatic heterocycles. The number of anilines is 4. The number of hydrogen-bond acceptors (Lipinski definition) is 6. The monoisotopic (exact) mass is 258 g/mol. The van der Waals surface area contributed by atoms with Crippen molar-refractivity contribution >= 4 is 23.0 Å². The zero-order valence-corrected chi connectivity index (χ0v) is 11.3. The normalized spacial score (nSPS) is 10.5. The van der Waals surface area contributed by atoms with Crippen LogP contribution in [0.1, 0.15) is 5.56 Å². The highest BCUT2D eigenvalue weighted by molar-refractivity contribution is 5.77. The quantitative estimate of drug-likeness (QED) is 0.728. The number of benzene rings is 1. The Labute approximate surface area is 112 Å². The number of nitrogens with two attached hydrogens (primary N) is 1. The third-order valence-corrected chi connectivity index (χ3v) is 2.53. The van der Waals surface area contributed by atoms with Gasteiger partial charge in [0.25, 0.3) is 0 Å². The lowest BCUT2D eigenvalue weighted by molar-refractivity contribution is 0.492. The van der Waals surface area contributed by atoms with Crippen molar-refractivity contribution in [2.24, 2.45) is 0 Å². The van der Waals surface area contributed by atoms with Crippen LogP contribution in [-0.2, 0) is 0 Å². The average Bonchev–Trinajstić information content (AvgIpc) is 2.36. The van der Waals surface area contributed by atoms with Gasteiger partial charge in [0, 0.05) is 19.8 Å². The molecule has 0 aliphatic carbocycles. The first-order chi connectivity index (χ1) is 9.06. The summed E-state index contributed by atoms with van der Waals surface area (Å²) < 4.78 is 0. The molecule has 4 N–H and O–H groups in total. The number of aromatic nitrogens is 2. The summed E-state index contributed by atoms with van der Waals surface area (Å²) in [5, 5.41) is 4.95. The summed E-state index contributed by atoms with van der Waals surface area (Å²) in [7, 11) is 3.74. The molecule has 0 aliphatic rings. The van der Waals surface area contributed by atoms with Crippen molar-refractivity contribution in [1.29, 1.82) is 0 Å². The summed E-state index contributed by atoms with van der Waals surface area (Å²) in [6.07, 6.45) is 1.47. The van der Waals surface area contributed by atoms with Gasteiger partial charge >= 0.3 is 0 Å². The van der Waals surface area contributed by atoms with Crippen LogP contribution in [0, 0.1) is 6.92 Å². The van der Waals surface area contributed by atoms with Crippen LogP contribution >= 0.6 is 0 Å². The highest BCUT2D eigenvalue weighted by Gasteiger charge is 2.08. The van der Waals surface area contributed by atoms with Crippen molar-refractivity contribution in [2.75, 3.05) is 30.6 Å². The third-order valence-electron chi connectivity index (χ3n) is 2.53. The summed E-state index contributed by atoms with van der Waals surface area (Å²) in [5.74, 6) is 1.16. The molecular weight excluding hydrogens is 240 g/mol. The highest BCUT2D eigenvalue weighted by Crippen LogP contribution is 2.25. The van der Waals surface area contributed by atoms with Crippen molar-refractivity contribution < 1.29 is 0 Å². The molecule has 6 nitrogen and oxygen atoms in total. The standard InChI is InChI=1S/C13H18N6/c1-9-4-6-10(7-5-9)17-12-11(14)13(16-8-15-12)18-19(2)3/h4-8H,14H2,1-3H3,(H2,15,16,17,18). The number of nitrogens with one attached hydrogen (secondary N) is 2. The van der Waals surface area contributed by atoms with E-state index < -0.39 is 0 Å². The van der Waals surface area contributed by atoms with Crippen LogP contribution in [0.4, 0.5) is 23.0 Å². The lowest BCUT2D eigenvalue weighted by atomic mass is 10.2. The molecule has 2 rings (SSSR count). The second-order valence-corrected chi connectivity index (χ2v) is 4.48. The van der Waals surface area contributed by atoms with E-state index in [-0.39, 0.29) is 0 Å². The number of hydrogen-bond donors (Lipinski definition) is 3. The summed E-state index contributed by atoms with van der Waals surface area (Å²) in [6, 6.07) is 8.02. The molecule has 0 saturated carbocycles. The molecule has 6 heteroatoms. The Balaban J connectivity index is 2.23. The minimum Gasteiger partial charge on any atom is -0.393 e. The Morgan fingerprint density at radius 1 is 1.05 bits per heavy atom. The van der Waals surface area contributed by atoms with Gasteiger partial charge in [0.15, 0.2) is 11.6 Å². The van der Waals surface area contributed by atoms with E-state index in [2.05, 4.69) is 20.7 Å². The predicted molar refractivity (Wildman–Crippen MR) is 78.2 cm³/mol. The van der Waals surface area contributed by atoms with Crippen LogP contribution in [-0.4, -0.2) is 29.1 Å². The first kappa shape index (κ1) is 13.1. The van der Waals surface area contributed by atoms with Crippen LogP contribution in [0.25, 0.3) is 0 Å². The van der Waals surface area contributed by atoms with Gasteiger partial charge in [-0.25, -0.2) is 15.0 Å². The smallest absolute Gasteiger partial charge is 0.169 e. The maximum atomic E-state index is 6.03. The molecule has 0 amide bonds. The van der Waals surface area contributed by atoms with E-state index in [4.69, 9.17) is 5.73 Å². The van der Waals surface area contributed by atoms with Crippen LogP contribution in [0.2, 0.25) is 0 Å². The summed E-state index contributed by atoms with van der Waals surface area (Å²) in [4.78, 5) is 8.26. The van der Waals surface area contributed by atoms with Crippen molar-refractivity contribution in [1.82, 2.24) is 15.0 Å². The summed E-state index contributed by atoms with van der Waals surface area (Å²) in [6.45, 7) is 2.04. The van der Waals surface area contributed by atoms with E-state index in [9.17, 15) is 0 Å². The number of rotatable bonds is 4. The molecule has 19 heavy (non-hydrogen) atoms. The lowest BCUT2D eigenvalue weighted by Gasteiger charge is -2.16. The Morgan fingerprint density at radius 3 is 2.32 bits per heavy atom. The minimum absolute atomic E-state index is 0.483. The molecule has 1 aromatic heterocycles. The van der Waals surface area contributed by atoms with E-state index in [1.807, 2.05) is 45.3 Å². The minimum atomic E-state index is 0.483. The van der Waals surface area contributed by atoms with Gasteiger partial charge in [-0.3, -0.25) is 0 Å². The zero-order chi connectivity index (χ0) is 13.8. The molecule has 1 aromatic carbocycles. The summed E-state index contributed by atoms with van der Waals surface area (Å²) >= 11 is 0. The topological polar surface area (TPSA) is 79.1 Å². The predicted octanol–water partition coefficient (Wildman–Crippen LogP) is 2.00. The van der Waals surface area contributed by atoms with Gasteiger partial charge < -0.3 is 16.5 Å². The Hall–Kier alpha value is -2.34. The second-order valence-electron chi connectivity index (χ2n) is 4.48. The molecule has 0 bridgehead atoms. The fraction of sp³-hybridized carbons (Fsp3) is 0.231. The van der Waals surface area contributed by atoms with Crippen molar-refractivity contribution in [3.05, 3.63) is 36.2 Å². The molecule has 0 atom stereocenters. The first-order valence-corrected chi connectivity index (χ1v) is 5.94. The van der Waals surface area contributed by atoms with Crippen molar-refractivity contribution in [3.8, 4) is 0 Å². The number of aryl methyl sites for hydroxylation is 1. The Morgan fingerprint density at radius 2 is 1.68 bits per heavy atom. The maximum Gasteiger partial charge on any atom is 0.169 e. The number of hydrazine groups is 1. The Bertz CT molecular complexity index is 550. The average molecular weight is 258 g/mol. The second kappa shape index (κ2) is 5.53. The van der Waals surface area contributed by atoms with Gasteiger partial charge in [-0.15, -0.1) is 0 Å². The SMILES string of the molecule is Cc1ccc(Nc2ncnc(NN(C)C)c2N)cc1. The van der Waals surface area contributed by atoms with Gasteiger partial charge in [-0.1, -0.05) is 17.7 Å². The fourth-order valence-corrected chi connectivity index (χ4v) is 1.57. The van der Waals surface area contributed by atoms with Crippen LogP contribution in [0.15, 0.2) is 30.6 Å². The van der Waals surface area contributed by atoms with E-state index in [0.29, 0.717) is 17.3 Å². The van der Waals surface area contributed by atoms with Crippen LogP contribution < -0.4 is 16.5 Å². The Kier molecular flexibility index (Phi) is 3.82. The molecule has 1 heterocycles. The van der Waals surface area contributed by atoms with E-state index in [1.165, 1.54) is 11.9 Å². The lowest BCUT2D eigenvalue weighted by Crippen LogP contribution is -2.21. The van der Waals surface area contributed by atoms with Crippen molar-refractivity contribution in [3.63, 3.8) is 0 Å². The van der Waals surface area contributed by atoms with E-state index in [1.54, 1.807) is 5.01 Å². The molecule has 0 saturated heterocycles. The molecule has 0 radical (unpaired) electrons. The van der Waals surface area contributed by atoms with Crippen LogP contribution in [0.5, 0.6) is 0 Å². The first-order valence-electron chi connectivity index (χ1n) is 5.94.